The Bertz CT molecular complexity index is 1370. The van der Waals surface area contributed by atoms with Gasteiger partial charge in [-0.05, 0) is 88.4 Å². The Balaban J connectivity index is 1.93. The predicted molar refractivity (Wildman–Crippen MR) is 185 cm³/mol. The van der Waals surface area contributed by atoms with Crippen molar-refractivity contribution in [1.29, 1.82) is 0 Å². The van der Waals surface area contributed by atoms with Crippen molar-refractivity contribution in [2.45, 2.75) is 101 Å². The maximum Gasteiger partial charge on any atom is 0.187 e. The Labute approximate surface area is 261 Å². The van der Waals surface area contributed by atoms with Crippen molar-refractivity contribution in [2.24, 2.45) is 10.8 Å². The summed E-state index contributed by atoms with van der Waals surface area (Å²) in [7, 11) is 0. The van der Waals surface area contributed by atoms with E-state index in [1.165, 1.54) is 22.3 Å². The van der Waals surface area contributed by atoms with Crippen molar-refractivity contribution >= 4 is 5.78 Å². The zero-order chi connectivity index (χ0) is 32.4. The minimum absolute atomic E-state index is 0.00483. The molecule has 43 heavy (non-hydrogen) atoms. The van der Waals surface area contributed by atoms with Gasteiger partial charge in [0.25, 0.3) is 0 Å². The van der Waals surface area contributed by atoms with Gasteiger partial charge < -0.3 is 10.2 Å². The molecule has 2 atom stereocenters. The van der Waals surface area contributed by atoms with Crippen molar-refractivity contribution in [2.75, 3.05) is 0 Å². The highest BCUT2D eigenvalue weighted by atomic mass is 16.3. The smallest absolute Gasteiger partial charge is 0.187 e. The molecular weight excluding hydrogens is 528 g/mol. The number of aliphatic hydroxyl groups is 2. The molecule has 0 aliphatic heterocycles. The number of allylic oxidation sites excluding steroid dienone is 20. The molecule has 2 aliphatic rings. The average molecular weight is 583 g/mol. The Hall–Kier alpha value is -3.27. The molecule has 0 heterocycles. The van der Waals surface area contributed by atoms with Crippen LogP contribution in [0.5, 0.6) is 0 Å². The molecule has 0 saturated heterocycles. The molecule has 232 valence electrons. The number of aliphatic hydroxyl groups excluding tert-OH is 2. The summed E-state index contributed by atoms with van der Waals surface area (Å²) in [6.45, 7) is 20.8. The van der Waals surface area contributed by atoms with E-state index < -0.39 is 6.10 Å². The van der Waals surface area contributed by atoms with Gasteiger partial charge in [0, 0.05) is 0 Å². The molecular formula is C40H54O3. The number of hydrogen-bond donors (Lipinski definition) is 2. The Morgan fingerprint density at radius 2 is 1.07 bits per heavy atom. The monoisotopic (exact) mass is 582 g/mol. The highest BCUT2D eigenvalue weighted by Crippen LogP contribution is 2.41. The van der Waals surface area contributed by atoms with E-state index in [1.54, 1.807) is 0 Å². The summed E-state index contributed by atoms with van der Waals surface area (Å²) in [5.74, 6) is -0.166. The fourth-order valence-electron chi connectivity index (χ4n) is 5.88. The first-order chi connectivity index (χ1) is 20.0. The van der Waals surface area contributed by atoms with Gasteiger partial charge in [0.05, 0.1) is 6.10 Å². The average Bonchev–Trinajstić information content (AvgIpc) is 2.88. The van der Waals surface area contributed by atoms with E-state index in [0.717, 1.165) is 29.6 Å². The molecule has 0 amide bonds. The van der Waals surface area contributed by atoms with E-state index in [-0.39, 0.29) is 22.7 Å². The largest absolute Gasteiger partial charge is 0.393 e. The number of Topliss-reactive ketones (excluding diaryl/α,β-unsaturated/α-hetero) is 1. The van der Waals surface area contributed by atoms with Gasteiger partial charge in [0.15, 0.2) is 5.78 Å². The fourth-order valence-corrected chi connectivity index (χ4v) is 5.88. The van der Waals surface area contributed by atoms with E-state index in [9.17, 15) is 15.0 Å². The maximum absolute atomic E-state index is 12.2. The minimum atomic E-state index is -0.898. The lowest BCUT2D eigenvalue weighted by atomic mass is 9.71. The lowest BCUT2D eigenvalue weighted by molar-refractivity contribution is -0.125. The summed E-state index contributed by atoms with van der Waals surface area (Å²) in [6, 6.07) is 0. The van der Waals surface area contributed by atoms with Crippen LogP contribution >= 0.6 is 0 Å². The third-order valence-corrected chi connectivity index (χ3v) is 8.28. The van der Waals surface area contributed by atoms with Crippen LogP contribution in [-0.2, 0) is 4.79 Å². The van der Waals surface area contributed by atoms with Crippen LogP contribution in [0.25, 0.3) is 0 Å². The van der Waals surface area contributed by atoms with Gasteiger partial charge in [0.1, 0.15) is 6.10 Å². The molecule has 2 rings (SSSR count). The first kappa shape index (κ1) is 35.9. The number of ketones is 1. The molecule has 0 spiro atoms. The SMILES string of the molecule is CC1=C(/C=C/C(C)=C/C=C/C(C)=C/C=C/C=C(C)/C=C/C=C(C)/C=C/C2=C(C)C(=O)[C@@H](O)CC2(C)C)C(C)(C)C[C@H](O)C1. The predicted octanol–water partition coefficient (Wildman–Crippen LogP) is 9.73. The Morgan fingerprint density at radius 3 is 1.56 bits per heavy atom. The second-order valence-corrected chi connectivity index (χ2v) is 13.6. The zero-order valence-corrected chi connectivity index (χ0v) is 28.2. The van der Waals surface area contributed by atoms with E-state index in [1.807, 2.05) is 44.2 Å². The fraction of sp³-hybridized carbons (Fsp3) is 0.425. The van der Waals surface area contributed by atoms with Crippen LogP contribution in [0.1, 0.15) is 88.5 Å². The molecule has 0 bridgehead atoms. The van der Waals surface area contributed by atoms with Crippen molar-refractivity contribution < 1.29 is 15.0 Å². The Kier molecular flexibility index (Phi) is 13.4. The number of carbonyl (C=O) groups is 1. The van der Waals surface area contributed by atoms with E-state index in [0.29, 0.717) is 12.0 Å². The van der Waals surface area contributed by atoms with Gasteiger partial charge in [-0.1, -0.05) is 141 Å². The molecule has 0 saturated carbocycles. The highest BCUT2D eigenvalue weighted by molar-refractivity contribution is 6.00. The number of hydrogen-bond acceptors (Lipinski definition) is 3. The first-order valence-electron chi connectivity index (χ1n) is 15.4. The topological polar surface area (TPSA) is 57.5 Å². The van der Waals surface area contributed by atoms with Crippen LogP contribution in [0, 0.1) is 10.8 Å². The first-order valence-corrected chi connectivity index (χ1v) is 15.4. The maximum atomic E-state index is 12.2. The summed E-state index contributed by atoms with van der Waals surface area (Å²) < 4.78 is 0. The molecule has 3 heteroatoms. The summed E-state index contributed by atoms with van der Waals surface area (Å²) in [5, 5.41) is 20.1. The summed E-state index contributed by atoms with van der Waals surface area (Å²) in [5.41, 5.74) is 8.61. The Morgan fingerprint density at radius 1 is 0.651 bits per heavy atom. The molecule has 2 N–H and O–H groups in total. The van der Waals surface area contributed by atoms with E-state index >= 15 is 0 Å². The van der Waals surface area contributed by atoms with Crippen LogP contribution in [0.15, 0.2) is 130 Å². The molecule has 0 aromatic carbocycles. The van der Waals surface area contributed by atoms with E-state index in [4.69, 9.17) is 0 Å². The summed E-state index contributed by atoms with van der Waals surface area (Å²) >= 11 is 0. The molecule has 0 aromatic rings. The second kappa shape index (κ2) is 16.0. The van der Waals surface area contributed by atoms with Crippen molar-refractivity contribution in [3.8, 4) is 0 Å². The molecule has 3 nitrogen and oxygen atoms in total. The lowest BCUT2D eigenvalue weighted by Gasteiger charge is -2.35. The molecule has 0 unspecified atom stereocenters. The van der Waals surface area contributed by atoms with Gasteiger partial charge in [0.2, 0.25) is 0 Å². The highest BCUT2D eigenvalue weighted by Gasteiger charge is 2.36. The molecule has 2 aliphatic carbocycles. The number of rotatable bonds is 10. The quantitative estimate of drug-likeness (QED) is 0.252. The van der Waals surface area contributed by atoms with Crippen LogP contribution in [0.2, 0.25) is 0 Å². The van der Waals surface area contributed by atoms with E-state index in [2.05, 4.69) is 110 Å². The summed E-state index contributed by atoms with van der Waals surface area (Å²) in [4.78, 5) is 12.2. The van der Waals surface area contributed by atoms with Gasteiger partial charge in [-0.15, -0.1) is 0 Å². The zero-order valence-electron chi connectivity index (χ0n) is 28.2. The van der Waals surface area contributed by atoms with Gasteiger partial charge in [-0.3, -0.25) is 4.79 Å². The third kappa shape index (κ3) is 11.4. The number of carbonyl (C=O) groups excluding carboxylic acids is 1. The van der Waals surface area contributed by atoms with Crippen molar-refractivity contribution in [1.82, 2.24) is 0 Å². The standard InChI is InChI=1S/C40H54O3/c1-28(17-13-19-30(3)21-23-35-32(5)25-34(41)26-39(35,7)8)15-11-12-16-29(2)18-14-20-31(4)22-24-36-33(6)38(43)37(42)27-40(36,9)10/h11-24,34,37,41-42H,25-27H2,1-10H3/b12-11+,17-13+,18-14+,23-21+,24-22+,28-15+,29-16+,30-19+,31-20+/t34-,37+/m1/s1. The van der Waals surface area contributed by atoms with Crippen LogP contribution in [-0.4, -0.2) is 28.2 Å². The van der Waals surface area contributed by atoms with Gasteiger partial charge in [-0.2, -0.15) is 0 Å². The van der Waals surface area contributed by atoms with Crippen LogP contribution in [0.4, 0.5) is 0 Å². The van der Waals surface area contributed by atoms with Crippen molar-refractivity contribution in [3.05, 3.63) is 130 Å². The molecule has 0 radical (unpaired) electrons. The molecule has 0 aromatic heterocycles. The molecule has 0 fully saturated rings. The third-order valence-electron chi connectivity index (χ3n) is 8.28. The normalized spacial score (nSPS) is 24.8. The second-order valence-electron chi connectivity index (χ2n) is 13.6. The van der Waals surface area contributed by atoms with Crippen LogP contribution in [0.3, 0.4) is 0 Å². The minimum Gasteiger partial charge on any atom is -0.393 e. The van der Waals surface area contributed by atoms with Crippen LogP contribution < -0.4 is 0 Å². The van der Waals surface area contributed by atoms with Gasteiger partial charge in [-0.25, -0.2) is 0 Å². The lowest BCUT2D eigenvalue weighted by Crippen LogP contribution is -2.35. The van der Waals surface area contributed by atoms with Crippen molar-refractivity contribution in [3.63, 3.8) is 0 Å². The van der Waals surface area contributed by atoms with Gasteiger partial charge >= 0.3 is 0 Å². The summed E-state index contributed by atoms with van der Waals surface area (Å²) in [6.07, 6.45) is 30.0.